The molecule has 0 unspecified atom stereocenters. The number of fused-ring (bicyclic) bond motifs is 1. The zero-order valence-corrected chi connectivity index (χ0v) is 18.3. The largest absolute Gasteiger partial charge is 0.486 e. The summed E-state index contributed by atoms with van der Waals surface area (Å²) in [5.41, 5.74) is 4.00. The Hall–Kier alpha value is -2.44. The molecule has 2 aliphatic heterocycles. The van der Waals surface area contributed by atoms with Gasteiger partial charge >= 0.3 is 0 Å². The van der Waals surface area contributed by atoms with Gasteiger partial charge < -0.3 is 24.6 Å². The van der Waals surface area contributed by atoms with Gasteiger partial charge in [0.1, 0.15) is 13.2 Å². The smallest absolute Gasteiger partial charge is 0.228 e. The maximum Gasteiger partial charge on any atom is 0.228 e. The number of hydrogen-bond acceptors (Lipinski definition) is 5. The Morgan fingerprint density at radius 2 is 1.87 bits per heavy atom. The molecule has 0 aliphatic carbocycles. The minimum Gasteiger partial charge on any atom is -0.486 e. The number of anilines is 2. The van der Waals surface area contributed by atoms with Crippen molar-refractivity contribution in [3.05, 3.63) is 46.5 Å². The van der Waals surface area contributed by atoms with Gasteiger partial charge in [0.15, 0.2) is 11.5 Å². The monoisotopic (exact) mass is 429 g/mol. The van der Waals surface area contributed by atoms with Crippen LogP contribution in [0.5, 0.6) is 11.5 Å². The summed E-state index contributed by atoms with van der Waals surface area (Å²) in [5.74, 6) is 1.06. The predicted octanol–water partition coefficient (Wildman–Crippen LogP) is 3.74. The Bertz CT molecular complexity index is 926. The van der Waals surface area contributed by atoms with Gasteiger partial charge in [-0.15, -0.1) is 0 Å². The summed E-state index contributed by atoms with van der Waals surface area (Å²) in [7, 11) is 0. The third-order valence-electron chi connectivity index (χ3n) is 5.66. The number of halogens is 1. The first-order valence-corrected chi connectivity index (χ1v) is 10.9. The van der Waals surface area contributed by atoms with Crippen LogP contribution in [-0.2, 0) is 11.2 Å². The number of benzene rings is 2. The summed E-state index contributed by atoms with van der Waals surface area (Å²) < 4.78 is 11.1. The highest BCUT2D eigenvalue weighted by molar-refractivity contribution is 6.32. The van der Waals surface area contributed by atoms with Crippen LogP contribution in [0.4, 0.5) is 11.4 Å². The molecule has 6 nitrogen and oxygen atoms in total. The lowest BCUT2D eigenvalue weighted by atomic mass is 10.1. The molecule has 2 aromatic carbocycles. The Morgan fingerprint density at radius 1 is 1.10 bits per heavy atom. The molecular weight excluding hydrogens is 402 g/mol. The number of rotatable bonds is 5. The summed E-state index contributed by atoms with van der Waals surface area (Å²) >= 11 is 6.28. The second-order valence-electron chi connectivity index (χ2n) is 7.75. The molecule has 1 fully saturated rings. The quantitative estimate of drug-likeness (QED) is 0.784. The second-order valence-corrected chi connectivity index (χ2v) is 8.16. The van der Waals surface area contributed by atoms with E-state index in [1.165, 1.54) is 11.3 Å². The molecule has 0 saturated carbocycles. The zero-order valence-electron chi connectivity index (χ0n) is 17.5. The fourth-order valence-corrected chi connectivity index (χ4v) is 4.34. The molecule has 0 spiro atoms. The number of amides is 1. The van der Waals surface area contributed by atoms with E-state index in [0.717, 1.165) is 44.0 Å². The normalized spacial score (nSPS) is 16.4. The lowest BCUT2D eigenvalue weighted by Crippen LogP contribution is -2.46. The molecule has 0 bridgehead atoms. The van der Waals surface area contributed by atoms with Crippen LogP contribution in [0.15, 0.2) is 30.3 Å². The van der Waals surface area contributed by atoms with E-state index in [1.54, 1.807) is 6.07 Å². The zero-order chi connectivity index (χ0) is 21.1. The van der Waals surface area contributed by atoms with Crippen molar-refractivity contribution in [3.63, 3.8) is 0 Å². The number of carbonyl (C=O) groups excluding carboxylic acids is 1. The first-order chi connectivity index (χ1) is 14.5. The number of ether oxygens (including phenoxy) is 2. The van der Waals surface area contributed by atoms with Crippen LogP contribution in [0.1, 0.15) is 18.1 Å². The summed E-state index contributed by atoms with van der Waals surface area (Å²) in [6.07, 6.45) is 0.218. The standard InChI is InChI=1S/C23H28ClN3O3/c1-3-26-6-8-27(9-7-26)20-5-4-18(12-16(20)2)25-22(28)15-17-13-19(24)23-21(14-17)29-10-11-30-23/h4-5,12-14H,3,6-11,15H2,1-2H3,(H,25,28). The maximum absolute atomic E-state index is 12.6. The molecule has 2 aliphatic rings. The van der Waals surface area contributed by atoms with Crippen molar-refractivity contribution in [2.75, 3.05) is 56.2 Å². The number of piperazine rings is 1. The molecule has 160 valence electrons. The number of carbonyl (C=O) groups is 1. The molecule has 1 N–H and O–H groups in total. The molecule has 7 heteroatoms. The van der Waals surface area contributed by atoms with Gasteiger partial charge in [-0.3, -0.25) is 4.79 Å². The minimum atomic E-state index is -0.0912. The van der Waals surface area contributed by atoms with Crippen molar-refractivity contribution < 1.29 is 14.3 Å². The lowest BCUT2D eigenvalue weighted by molar-refractivity contribution is -0.115. The fraction of sp³-hybridized carbons (Fsp3) is 0.435. The van der Waals surface area contributed by atoms with E-state index >= 15 is 0 Å². The third-order valence-corrected chi connectivity index (χ3v) is 5.94. The molecule has 4 rings (SSSR count). The maximum atomic E-state index is 12.6. The van der Waals surface area contributed by atoms with Crippen molar-refractivity contribution in [1.29, 1.82) is 0 Å². The van der Waals surface area contributed by atoms with Gasteiger partial charge in [0, 0.05) is 37.6 Å². The van der Waals surface area contributed by atoms with Crippen LogP contribution in [0.3, 0.4) is 0 Å². The first kappa shape index (κ1) is 20.8. The fourth-order valence-electron chi connectivity index (χ4n) is 4.05. The molecule has 1 amide bonds. The van der Waals surface area contributed by atoms with Gasteiger partial charge in [-0.2, -0.15) is 0 Å². The Labute approximate surface area is 182 Å². The van der Waals surface area contributed by atoms with Crippen molar-refractivity contribution in [2.24, 2.45) is 0 Å². The van der Waals surface area contributed by atoms with Gasteiger partial charge in [-0.1, -0.05) is 18.5 Å². The Morgan fingerprint density at radius 3 is 2.60 bits per heavy atom. The van der Waals surface area contributed by atoms with E-state index in [4.69, 9.17) is 21.1 Å². The van der Waals surface area contributed by atoms with E-state index in [0.29, 0.717) is 29.7 Å². The number of aryl methyl sites for hydroxylation is 1. The predicted molar refractivity (Wildman–Crippen MR) is 120 cm³/mol. The van der Waals surface area contributed by atoms with Gasteiger partial charge in [-0.05, 0) is 54.9 Å². The molecule has 30 heavy (non-hydrogen) atoms. The Balaban J connectivity index is 1.39. The number of nitrogens with one attached hydrogen (secondary N) is 1. The van der Waals surface area contributed by atoms with Crippen LogP contribution < -0.4 is 19.7 Å². The van der Waals surface area contributed by atoms with Crippen LogP contribution in [0.2, 0.25) is 5.02 Å². The molecule has 2 heterocycles. The van der Waals surface area contributed by atoms with Gasteiger partial charge in [0.2, 0.25) is 5.91 Å². The number of hydrogen-bond donors (Lipinski definition) is 1. The Kier molecular flexibility index (Phi) is 6.35. The molecule has 0 atom stereocenters. The molecule has 0 aromatic heterocycles. The van der Waals surface area contributed by atoms with Gasteiger partial charge in [0.25, 0.3) is 0 Å². The second kappa shape index (κ2) is 9.14. The average Bonchev–Trinajstić information content (AvgIpc) is 2.74. The highest BCUT2D eigenvalue weighted by Gasteiger charge is 2.19. The molecule has 2 aromatic rings. The third kappa shape index (κ3) is 4.65. The van der Waals surface area contributed by atoms with Crippen molar-refractivity contribution in [2.45, 2.75) is 20.3 Å². The van der Waals surface area contributed by atoms with E-state index in [9.17, 15) is 4.79 Å². The van der Waals surface area contributed by atoms with Crippen LogP contribution >= 0.6 is 11.6 Å². The molecule has 1 saturated heterocycles. The summed E-state index contributed by atoms with van der Waals surface area (Å²) in [4.78, 5) is 17.5. The first-order valence-electron chi connectivity index (χ1n) is 10.5. The van der Waals surface area contributed by atoms with E-state index in [1.807, 2.05) is 18.2 Å². The topological polar surface area (TPSA) is 54.0 Å². The SMILES string of the molecule is CCN1CCN(c2ccc(NC(=O)Cc3cc(Cl)c4c(c3)OCCO4)cc2C)CC1. The van der Waals surface area contributed by atoms with Gasteiger partial charge in [-0.25, -0.2) is 0 Å². The summed E-state index contributed by atoms with van der Waals surface area (Å²) in [6.45, 7) is 10.6. The van der Waals surface area contributed by atoms with Crippen LogP contribution in [-0.4, -0.2) is 56.7 Å². The summed E-state index contributed by atoms with van der Waals surface area (Å²) in [6, 6.07) is 9.70. The van der Waals surface area contributed by atoms with Crippen molar-refractivity contribution >= 4 is 28.9 Å². The highest BCUT2D eigenvalue weighted by Crippen LogP contribution is 2.38. The van der Waals surface area contributed by atoms with E-state index < -0.39 is 0 Å². The van der Waals surface area contributed by atoms with Crippen molar-refractivity contribution in [3.8, 4) is 11.5 Å². The molecule has 0 radical (unpaired) electrons. The van der Waals surface area contributed by atoms with E-state index in [-0.39, 0.29) is 12.3 Å². The van der Waals surface area contributed by atoms with Crippen LogP contribution in [0, 0.1) is 6.92 Å². The molecular formula is C23H28ClN3O3. The van der Waals surface area contributed by atoms with Crippen LogP contribution in [0.25, 0.3) is 0 Å². The lowest BCUT2D eigenvalue weighted by Gasteiger charge is -2.36. The highest BCUT2D eigenvalue weighted by atomic mass is 35.5. The number of nitrogens with zero attached hydrogens (tertiary/aromatic N) is 2. The minimum absolute atomic E-state index is 0.0912. The van der Waals surface area contributed by atoms with Crippen molar-refractivity contribution in [1.82, 2.24) is 4.90 Å². The number of likely N-dealkylation sites (N-methyl/N-ethyl adjacent to an activating group) is 1. The van der Waals surface area contributed by atoms with E-state index in [2.05, 4.69) is 35.0 Å². The summed E-state index contributed by atoms with van der Waals surface area (Å²) in [5, 5.41) is 3.47. The van der Waals surface area contributed by atoms with Gasteiger partial charge in [0.05, 0.1) is 11.4 Å². The average molecular weight is 430 g/mol.